The second-order valence-corrected chi connectivity index (χ2v) is 10.8. The number of carbonyl (C=O) groups is 1. The number of ether oxygens (including phenoxy) is 2. The standard InChI is InChI=1S/C25H29N5O3S/c1-14-2-5-18-21(27)22(34-24(18)28-14)23(31)29-16-8-15-3-4-17(9-19(15)33-11-16)30-10-20(26)25(12-30)6-7-32-13-25/h2-5,9,16,20H,6-8,10-13,26-27H2,1H3,(H,29,31)/t16-,20-,25-/m1/s1. The summed E-state index contributed by atoms with van der Waals surface area (Å²) >= 11 is 1.33. The van der Waals surface area contributed by atoms with Crippen LogP contribution in [0.3, 0.4) is 0 Å². The molecular formula is C25H29N5O3S. The summed E-state index contributed by atoms with van der Waals surface area (Å²) in [5.41, 5.74) is 16.4. The van der Waals surface area contributed by atoms with E-state index in [9.17, 15) is 4.79 Å². The molecule has 1 amide bonds. The van der Waals surface area contributed by atoms with Crippen molar-refractivity contribution in [1.29, 1.82) is 0 Å². The van der Waals surface area contributed by atoms with Gasteiger partial charge in [-0.2, -0.15) is 0 Å². The number of nitrogens with zero attached hydrogens (tertiary/aromatic N) is 2. The summed E-state index contributed by atoms with van der Waals surface area (Å²) in [4.78, 5) is 21.1. The Kier molecular flexibility index (Phi) is 5.16. The first kappa shape index (κ1) is 21.6. The zero-order chi connectivity index (χ0) is 23.4. The second kappa shape index (κ2) is 8.11. The fourth-order valence-corrected chi connectivity index (χ4v) is 6.43. The highest BCUT2D eigenvalue weighted by molar-refractivity contribution is 7.21. The van der Waals surface area contributed by atoms with Gasteiger partial charge in [-0.25, -0.2) is 4.98 Å². The van der Waals surface area contributed by atoms with E-state index in [2.05, 4.69) is 33.4 Å². The number of carbonyl (C=O) groups excluding carboxylic acids is 1. The van der Waals surface area contributed by atoms with Gasteiger partial charge in [-0.15, -0.1) is 11.3 Å². The van der Waals surface area contributed by atoms with Crippen LogP contribution < -0.4 is 26.4 Å². The van der Waals surface area contributed by atoms with Crippen LogP contribution in [0.4, 0.5) is 11.4 Å². The normalized spacial score (nSPS) is 26.1. The van der Waals surface area contributed by atoms with Gasteiger partial charge in [0.1, 0.15) is 22.1 Å². The molecule has 5 N–H and O–H groups in total. The molecule has 2 fully saturated rings. The number of benzene rings is 1. The molecule has 8 nitrogen and oxygen atoms in total. The van der Waals surface area contributed by atoms with Crippen molar-refractivity contribution in [3.05, 3.63) is 46.5 Å². The van der Waals surface area contributed by atoms with Crippen molar-refractivity contribution < 1.29 is 14.3 Å². The van der Waals surface area contributed by atoms with Gasteiger partial charge in [0.15, 0.2) is 0 Å². The SMILES string of the molecule is Cc1ccc2c(N)c(C(=O)N[C@H]3COc4cc(N5C[C@@H](N)[C@]6(CCOC6)C5)ccc4C3)sc2n1. The number of nitrogen functional groups attached to an aromatic ring is 1. The zero-order valence-corrected chi connectivity index (χ0v) is 20.0. The third-order valence-electron chi connectivity index (χ3n) is 7.44. The molecule has 0 saturated carbocycles. The first-order valence-electron chi connectivity index (χ1n) is 11.7. The molecule has 0 bridgehead atoms. The molecule has 1 spiro atoms. The van der Waals surface area contributed by atoms with Crippen LogP contribution in [-0.2, 0) is 11.2 Å². The lowest BCUT2D eigenvalue weighted by molar-refractivity contribution is 0.0920. The number of aryl methyl sites for hydroxylation is 1. The lowest BCUT2D eigenvalue weighted by atomic mass is 9.83. The minimum absolute atomic E-state index is 0.0643. The molecule has 9 heteroatoms. The van der Waals surface area contributed by atoms with E-state index in [0.717, 1.165) is 65.6 Å². The number of pyridine rings is 1. The molecule has 0 aliphatic carbocycles. The first-order valence-corrected chi connectivity index (χ1v) is 12.5. The van der Waals surface area contributed by atoms with E-state index in [4.69, 9.17) is 20.9 Å². The minimum Gasteiger partial charge on any atom is -0.491 e. The number of nitrogens with one attached hydrogen (secondary N) is 1. The third kappa shape index (κ3) is 3.59. The fraction of sp³-hybridized carbons (Fsp3) is 0.440. The van der Waals surface area contributed by atoms with Gasteiger partial charge in [0.2, 0.25) is 0 Å². The van der Waals surface area contributed by atoms with E-state index in [1.807, 2.05) is 19.1 Å². The van der Waals surface area contributed by atoms with Crippen molar-refractivity contribution in [2.75, 3.05) is 43.5 Å². The van der Waals surface area contributed by atoms with Crippen LogP contribution in [0, 0.1) is 12.3 Å². The van der Waals surface area contributed by atoms with E-state index in [1.54, 1.807) is 0 Å². The Hall–Kier alpha value is -2.88. The Bertz CT molecular complexity index is 1270. The predicted octanol–water partition coefficient (Wildman–Crippen LogP) is 2.47. The topological polar surface area (TPSA) is 116 Å². The lowest BCUT2D eigenvalue weighted by Gasteiger charge is -2.28. The van der Waals surface area contributed by atoms with Crippen LogP contribution in [0.25, 0.3) is 10.2 Å². The summed E-state index contributed by atoms with van der Waals surface area (Å²) in [6.45, 7) is 5.62. The van der Waals surface area contributed by atoms with Crippen molar-refractivity contribution in [3.8, 4) is 5.75 Å². The lowest BCUT2D eigenvalue weighted by Crippen LogP contribution is -2.42. The van der Waals surface area contributed by atoms with E-state index < -0.39 is 0 Å². The average Bonchev–Trinajstić information content (AvgIpc) is 3.52. The molecule has 2 saturated heterocycles. The summed E-state index contributed by atoms with van der Waals surface area (Å²) in [5.74, 6) is 0.697. The van der Waals surface area contributed by atoms with Crippen molar-refractivity contribution >= 4 is 38.8 Å². The first-order chi connectivity index (χ1) is 16.4. The monoisotopic (exact) mass is 479 g/mol. The average molecular weight is 480 g/mol. The van der Waals surface area contributed by atoms with Gasteiger partial charge in [-0.05, 0) is 43.5 Å². The molecule has 0 radical (unpaired) electrons. The van der Waals surface area contributed by atoms with Crippen molar-refractivity contribution in [2.24, 2.45) is 11.1 Å². The summed E-state index contributed by atoms with van der Waals surface area (Å²) in [6.07, 6.45) is 1.73. The maximum Gasteiger partial charge on any atom is 0.263 e. The summed E-state index contributed by atoms with van der Waals surface area (Å²) in [5, 5.41) is 3.92. The maximum atomic E-state index is 13.0. The summed E-state index contributed by atoms with van der Waals surface area (Å²) in [7, 11) is 0. The van der Waals surface area contributed by atoms with Gasteiger partial charge in [-0.1, -0.05) is 6.07 Å². The molecule has 1 aromatic carbocycles. The Morgan fingerprint density at radius 3 is 3.03 bits per heavy atom. The molecule has 3 atom stereocenters. The van der Waals surface area contributed by atoms with Crippen LogP contribution in [0.1, 0.15) is 27.3 Å². The molecular weight excluding hydrogens is 450 g/mol. The quantitative estimate of drug-likeness (QED) is 0.529. The number of amides is 1. The molecule has 3 aliphatic heterocycles. The van der Waals surface area contributed by atoms with Crippen molar-refractivity contribution in [2.45, 2.75) is 31.8 Å². The number of anilines is 2. The van der Waals surface area contributed by atoms with Crippen LogP contribution >= 0.6 is 11.3 Å². The number of hydrogen-bond donors (Lipinski definition) is 3. The van der Waals surface area contributed by atoms with Crippen molar-refractivity contribution in [3.63, 3.8) is 0 Å². The van der Waals surface area contributed by atoms with E-state index in [0.29, 0.717) is 23.6 Å². The highest BCUT2D eigenvalue weighted by Crippen LogP contribution is 2.41. The Labute approximate surface area is 202 Å². The van der Waals surface area contributed by atoms with E-state index >= 15 is 0 Å². The van der Waals surface area contributed by atoms with Crippen molar-refractivity contribution in [1.82, 2.24) is 10.3 Å². The number of aromatic nitrogens is 1. The van der Waals surface area contributed by atoms with Crippen LogP contribution in [0.2, 0.25) is 0 Å². The molecule has 3 aliphatic rings. The fourth-order valence-electron chi connectivity index (χ4n) is 5.39. The number of thiophene rings is 1. The van der Waals surface area contributed by atoms with Crippen LogP contribution in [0.15, 0.2) is 30.3 Å². The van der Waals surface area contributed by atoms with Gasteiger partial charge >= 0.3 is 0 Å². The predicted molar refractivity (Wildman–Crippen MR) is 134 cm³/mol. The third-order valence-corrected chi connectivity index (χ3v) is 8.55. The largest absolute Gasteiger partial charge is 0.491 e. The van der Waals surface area contributed by atoms with Gasteiger partial charge < -0.3 is 31.2 Å². The maximum absolute atomic E-state index is 13.0. The smallest absolute Gasteiger partial charge is 0.263 e. The van der Waals surface area contributed by atoms with Gasteiger partial charge in [-0.3, -0.25) is 4.79 Å². The molecule has 178 valence electrons. The highest BCUT2D eigenvalue weighted by Gasteiger charge is 2.47. The Morgan fingerprint density at radius 2 is 2.21 bits per heavy atom. The number of rotatable bonds is 3. The van der Waals surface area contributed by atoms with E-state index in [1.165, 1.54) is 11.3 Å². The van der Waals surface area contributed by atoms with Gasteiger partial charge in [0.25, 0.3) is 5.91 Å². The summed E-state index contributed by atoms with van der Waals surface area (Å²) in [6, 6.07) is 10.2. The molecule has 3 aromatic rings. The number of fused-ring (bicyclic) bond motifs is 2. The number of nitrogens with two attached hydrogens (primary N) is 2. The molecule has 34 heavy (non-hydrogen) atoms. The molecule has 5 heterocycles. The molecule has 0 unspecified atom stereocenters. The van der Waals surface area contributed by atoms with Crippen LogP contribution in [-0.4, -0.2) is 55.9 Å². The van der Waals surface area contributed by atoms with Gasteiger partial charge in [0.05, 0.1) is 18.3 Å². The highest BCUT2D eigenvalue weighted by atomic mass is 32.1. The Balaban J connectivity index is 1.15. The molecule has 6 rings (SSSR count). The zero-order valence-electron chi connectivity index (χ0n) is 19.2. The second-order valence-electron chi connectivity index (χ2n) is 9.78. The number of hydrogen-bond acceptors (Lipinski definition) is 8. The van der Waals surface area contributed by atoms with Crippen LogP contribution in [0.5, 0.6) is 5.75 Å². The summed E-state index contributed by atoms with van der Waals surface area (Å²) < 4.78 is 11.7. The molecule has 2 aromatic heterocycles. The van der Waals surface area contributed by atoms with E-state index in [-0.39, 0.29) is 23.4 Å². The minimum atomic E-state index is -0.179. The Morgan fingerprint density at radius 1 is 1.32 bits per heavy atom. The van der Waals surface area contributed by atoms with Gasteiger partial charge in [0, 0.05) is 54.0 Å².